The Bertz CT molecular complexity index is 820. The summed E-state index contributed by atoms with van der Waals surface area (Å²) in [7, 11) is 0. The summed E-state index contributed by atoms with van der Waals surface area (Å²) in [5.74, 6) is 1.62. The number of ether oxygens (including phenoxy) is 1. The molecule has 0 saturated carbocycles. The van der Waals surface area contributed by atoms with Crippen molar-refractivity contribution in [2.75, 3.05) is 32.8 Å². The van der Waals surface area contributed by atoms with Crippen molar-refractivity contribution in [3.05, 3.63) is 45.0 Å². The zero-order valence-electron chi connectivity index (χ0n) is 16.7. The molecule has 2 aromatic rings. The van der Waals surface area contributed by atoms with E-state index < -0.39 is 0 Å². The number of hydrogen-bond donors (Lipinski definition) is 1. The maximum absolute atomic E-state index is 12.4. The second kappa shape index (κ2) is 9.49. The number of amides is 1. The predicted octanol–water partition coefficient (Wildman–Crippen LogP) is 3.42. The number of hydrogen-bond acceptors (Lipinski definition) is 6. The highest BCUT2D eigenvalue weighted by molar-refractivity contribution is 7.12. The summed E-state index contributed by atoms with van der Waals surface area (Å²) < 4.78 is 11.3. The third-order valence-electron chi connectivity index (χ3n) is 4.99. The standard InChI is InChI=1S/C21H28N2O4S/c1-14-4-6-20(27-14)18(23-8-10-26-11-9-23)13-22-21(25)7-5-19(24)17-12-15(2)28-16(17)3/h4,6,12,18H,5,7-11,13H2,1-3H3,(H,22,25). The van der Waals surface area contributed by atoms with Crippen molar-refractivity contribution >= 4 is 23.0 Å². The Hall–Kier alpha value is -1.96. The van der Waals surface area contributed by atoms with Gasteiger partial charge in [0, 0.05) is 47.8 Å². The molecule has 1 aliphatic heterocycles. The van der Waals surface area contributed by atoms with Crippen molar-refractivity contribution in [2.24, 2.45) is 0 Å². The fourth-order valence-corrected chi connectivity index (χ4v) is 4.44. The minimum atomic E-state index is -0.112. The van der Waals surface area contributed by atoms with Crippen LogP contribution in [-0.4, -0.2) is 49.4 Å². The zero-order chi connectivity index (χ0) is 20.1. The van der Waals surface area contributed by atoms with E-state index in [0.29, 0.717) is 19.8 Å². The molecule has 0 spiro atoms. The van der Waals surface area contributed by atoms with Crippen LogP contribution in [0.4, 0.5) is 0 Å². The molecular weight excluding hydrogens is 376 g/mol. The molecule has 1 N–H and O–H groups in total. The van der Waals surface area contributed by atoms with E-state index >= 15 is 0 Å². The van der Waals surface area contributed by atoms with Crippen LogP contribution in [0.15, 0.2) is 22.6 Å². The molecule has 1 aliphatic rings. The number of furan rings is 1. The van der Waals surface area contributed by atoms with E-state index in [9.17, 15) is 9.59 Å². The normalized spacial score (nSPS) is 16.1. The lowest BCUT2D eigenvalue weighted by Gasteiger charge is -2.33. The highest BCUT2D eigenvalue weighted by atomic mass is 32.1. The van der Waals surface area contributed by atoms with Crippen LogP contribution in [0.2, 0.25) is 0 Å². The molecule has 1 unspecified atom stereocenters. The van der Waals surface area contributed by atoms with E-state index in [4.69, 9.17) is 9.15 Å². The lowest BCUT2D eigenvalue weighted by Crippen LogP contribution is -2.43. The molecule has 0 aromatic carbocycles. The number of ketones is 1. The predicted molar refractivity (Wildman–Crippen MR) is 109 cm³/mol. The van der Waals surface area contributed by atoms with Gasteiger partial charge >= 0.3 is 0 Å². The van der Waals surface area contributed by atoms with Crippen LogP contribution < -0.4 is 5.32 Å². The van der Waals surface area contributed by atoms with Gasteiger partial charge < -0.3 is 14.5 Å². The molecule has 1 amide bonds. The van der Waals surface area contributed by atoms with Crippen molar-refractivity contribution < 1.29 is 18.7 Å². The van der Waals surface area contributed by atoms with Gasteiger partial charge in [0.1, 0.15) is 11.5 Å². The van der Waals surface area contributed by atoms with Gasteiger partial charge in [0.2, 0.25) is 5.91 Å². The second-order valence-corrected chi connectivity index (χ2v) is 8.63. The van der Waals surface area contributed by atoms with E-state index in [1.54, 1.807) is 11.3 Å². The summed E-state index contributed by atoms with van der Waals surface area (Å²) in [5.41, 5.74) is 0.743. The first kappa shape index (κ1) is 20.8. The van der Waals surface area contributed by atoms with E-state index in [-0.39, 0.29) is 30.6 Å². The fraction of sp³-hybridized carbons (Fsp3) is 0.524. The van der Waals surface area contributed by atoms with E-state index in [1.807, 2.05) is 39.0 Å². The van der Waals surface area contributed by atoms with Gasteiger partial charge in [0.05, 0.1) is 19.3 Å². The van der Waals surface area contributed by atoms with Gasteiger partial charge in [-0.05, 0) is 39.0 Å². The molecular formula is C21H28N2O4S. The number of carbonyl (C=O) groups is 2. The second-order valence-electron chi connectivity index (χ2n) is 7.17. The van der Waals surface area contributed by atoms with E-state index in [2.05, 4.69) is 10.2 Å². The Kier molecular flexibility index (Phi) is 7.04. The molecule has 3 heterocycles. The number of nitrogens with zero attached hydrogens (tertiary/aromatic N) is 1. The Morgan fingerprint density at radius 1 is 1.18 bits per heavy atom. The third-order valence-corrected chi connectivity index (χ3v) is 5.96. The molecule has 7 heteroatoms. The Morgan fingerprint density at radius 2 is 1.93 bits per heavy atom. The lowest BCUT2D eigenvalue weighted by atomic mass is 10.1. The summed E-state index contributed by atoms with van der Waals surface area (Å²) >= 11 is 1.61. The minimum Gasteiger partial charge on any atom is -0.465 e. The van der Waals surface area contributed by atoms with Crippen LogP contribution in [0.3, 0.4) is 0 Å². The Morgan fingerprint density at radius 3 is 2.54 bits per heavy atom. The number of Topliss-reactive ketones (excluding diaryl/α,β-unsaturated/α-hetero) is 1. The molecule has 1 saturated heterocycles. The van der Waals surface area contributed by atoms with Crippen LogP contribution in [0.5, 0.6) is 0 Å². The van der Waals surface area contributed by atoms with Gasteiger partial charge in [-0.3, -0.25) is 14.5 Å². The molecule has 3 rings (SSSR count). The monoisotopic (exact) mass is 404 g/mol. The minimum absolute atomic E-state index is 0.0287. The van der Waals surface area contributed by atoms with Crippen LogP contribution in [0, 0.1) is 20.8 Å². The molecule has 0 aliphatic carbocycles. The van der Waals surface area contributed by atoms with Crippen molar-refractivity contribution in [3.8, 4) is 0 Å². The van der Waals surface area contributed by atoms with Crippen LogP contribution in [0.25, 0.3) is 0 Å². The molecule has 28 heavy (non-hydrogen) atoms. The van der Waals surface area contributed by atoms with Crippen LogP contribution >= 0.6 is 11.3 Å². The van der Waals surface area contributed by atoms with Crippen LogP contribution in [-0.2, 0) is 9.53 Å². The Labute approximate surface area is 169 Å². The topological polar surface area (TPSA) is 71.8 Å². The first-order valence-corrected chi connectivity index (χ1v) is 10.5. The maximum Gasteiger partial charge on any atom is 0.220 e. The van der Waals surface area contributed by atoms with Gasteiger partial charge in [0.25, 0.3) is 0 Å². The molecule has 1 atom stereocenters. The molecule has 6 nitrogen and oxygen atoms in total. The molecule has 152 valence electrons. The number of carbonyl (C=O) groups excluding carboxylic acids is 2. The average Bonchev–Trinajstić information content (AvgIpc) is 3.25. The van der Waals surface area contributed by atoms with Crippen molar-refractivity contribution in [3.63, 3.8) is 0 Å². The van der Waals surface area contributed by atoms with Gasteiger partial charge in [-0.15, -0.1) is 11.3 Å². The van der Waals surface area contributed by atoms with Crippen molar-refractivity contribution in [1.29, 1.82) is 0 Å². The van der Waals surface area contributed by atoms with E-state index in [0.717, 1.165) is 39.9 Å². The summed E-state index contributed by atoms with van der Waals surface area (Å²) in [6.07, 6.45) is 0.422. The number of nitrogens with one attached hydrogen (secondary N) is 1. The van der Waals surface area contributed by atoms with E-state index in [1.165, 1.54) is 0 Å². The summed E-state index contributed by atoms with van der Waals surface area (Å²) in [4.78, 5) is 29.1. The molecule has 0 bridgehead atoms. The summed E-state index contributed by atoms with van der Waals surface area (Å²) in [5, 5.41) is 2.98. The largest absolute Gasteiger partial charge is 0.465 e. The van der Waals surface area contributed by atoms with Crippen molar-refractivity contribution in [1.82, 2.24) is 10.2 Å². The van der Waals surface area contributed by atoms with Gasteiger partial charge in [-0.25, -0.2) is 0 Å². The first-order valence-electron chi connectivity index (χ1n) is 9.69. The number of rotatable bonds is 8. The number of morpholine rings is 1. The first-order chi connectivity index (χ1) is 13.4. The van der Waals surface area contributed by atoms with Gasteiger partial charge in [0.15, 0.2) is 5.78 Å². The van der Waals surface area contributed by atoms with Crippen molar-refractivity contribution in [2.45, 2.75) is 39.7 Å². The lowest BCUT2D eigenvalue weighted by molar-refractivity contribution is -0.121. The molecule has 1 fully saturated rings. The SMILES string of the molecule is Cc1ccc(C(CNC(=O)CCC(=O)c2cc(C)sc2C)N2CCOCC2)o1. The molecule has 2 aromatic heterocycles. The molecule has 0 radical (unpaired) electrons. The van der Waals surface area contributed by atoms with Gasteiger partial charge in [-0.2, -0.15) is 0 Å². The summed E-state index contributed by atoms with van der Waals surface area (Å²) in [6, 6.07) is 5.79. The van der Waals surface area contributed by atoms with Crippen LogP contribution in [0.1, 0.15) is 50.5 Å². The zero-order valence-corrected chi connectivity index (χ0v) is 17.6. The smallest absolute Gasteiger partial charge is 0.220 e. The number of thiophene rings is 1. The third kappa shape index (κ3) is 5.31. The van der Waals surface area contributed by atoms with Gasteiger partial charge in [-0.1, -0.05) is 0 Å². The average molecular weight is 405 g/mol. The fourth-order valence-electron chi connectivity index (χ4n) is 3.50. The highest BCUT2D eigenvalue weighted by Gasteiger charge is 2.25. The highest BCUT2D eigenvalue weighted by Crippen LogP contribution is 2.24. The number of aryl methyl sites for hydroxylation is 3. The maximum atomic E-state index is 12.4. The quantitative estimate of drug-likeness (QED) is 0.683. The summed E-state index contributed by atoms with van der Waals surface area (Å²) in [6.45, 7) is 9.27. The Balaban J connectivity index is 1.54.